The molecule has 0 saturated heterocycles. The highest BCUT2D eigenvalue weighted by Gasteiger charge is 2.12. The van der Waals surface area contributed by atoms with Gasteiger partial charge in [-0.05, 0) is 43.7 Å². The number of hydrogen-bond donors (Lipinski definition) is 2. The van der Waals surface area contributed by atoms with Gasteiger partial charge in [0.1, 0.15) is 5.75 Å². The SMILES string of the molecule is COc1ccc(/C=N\NC(=O)C(=O)NC(C)C)cc1. The summed E-state index contributed by atoms with van der Waals surface area (Å²) in [5.74, 6) is -0.766. The van der Waals surface area contributed by atoms with Gasteiger partial charge in [0.25, 0.3) is 0 Å². The van der Waals surface area contributed by atoms with Crippen LogP contribution in [0.4, 0.5) is 0 Å². The predicted molar refractivity (Wildman–Crippen MR) is 72.0 cm³/mol. The molecule has 0 fully saturated rings. The van der Waals surface area contributed by atoms with Crippen molar-refractivity contribution in [2.24, 2.45) is 5.10 Å². The highest BCUT2D eigenvalue weighted by atomic mass is 16.5. The van der Waals surface area contributed by atoms with Crippen molar-refractivity contribution < 1.29 is 14.3 Å². The number of nitrogens with one attached hydrogen (secondary N) is 2. The fourth-order valence-corrected chi connectivity index (χ4v) is 1.23. The molecule has 6 heteroatoms. The molecule has 1 aromatic carbocycles. The molecule has 19 heavy (non-hydrogen) atoms. The van der Waals surface area contributed by atoms with Crippen molar-refractivity contribution in [1.29, 1.82) is 0 Å². The molecular weight excluding hydrogens is 246 g/mol. The third-order valence-corrected chi connectivity index (χ3v) is 2.12. The van der Waals surface area contributed by atoms with E-state index in [4.69, 9.17) is 4.74 Å². The smallest absolute Gasteiger partial charge is 0.329 e. The van der Waals surface area contributed by atoms with Gasteiger partial charge in [-0.15, -0.1) is 0 Å². The number of ether oxygens (including phenoxy) is 1. The summed E-state index contributed by atoms with van der Waals surface area (Å²) in [5, 5.41) is 6.16. The third kappa shape index (κ3) is 5.20. The second-order valence-corrected chi connectivity index (χ2v) is 4.10. The molecule has 0 aliphatic heterocycles. The molecular formula is C13H17N3O3. The number of carbonyl (C=O) groups is 2. The number of rotatable bonds is 4. The Balaban J connectivity index is 2.48. The van der Waals surface area contributed by atoms with Gasteiger partial charge in [-0.25, -0.2) is 5.43 Å². The minimum absolute atomic E-state index is 0.0937. The lowest BCUT2D eigenvalue weighted by Crippen LogP contribution is -2.41. The van der Waals surface area contributed by atoms with Crippen molar-refractivity contribution in [2.45, 2.75) is 19.9 Å². The van der Waals surface area contributed by atoms with Crippen LogP contribution in [0.15, 0.2) is 29.4 Å². The fourth-order valence-electron chi connectivity index (χ4n) is 1.23. The van der Waals surface area contributed by atoms with Crippen molar-refractivity contribution in [3.63, 3.8) is 0 Å². The van der Waals surface area contributed by atoms with Crippen LogP contribution in [0.2, 0.25) is 0 Å². The molecule has 102 valence electrons. The number of methoxy groups -OCH3 is 1. The van der Waals surface area contributed by atoms with Crippen molar-refractivity contribution in [3.05, 3.63) is 29.8 Å². The molecule has 2 amide bonds. The van der Waals surface area contributed by atoms with Gasteiger partial charge in [-0.1, -0.05) is 0 Å². The Morgan fingerprint density at radius 2 is 1.84 bits per heavy atom. The number of amides is 2. The normalized spacial score (nSPS) is 10.5. The van der Waals surface area contributed by atoms with E-state index in [1.807, 2.05) is 0 Å². The third-order valence-electron chi connectivity index (χ3n) is 2.12. The van der Waals surface area contributed by atoms with E-state index in [1.54, 1.807) is 45.2 Å². The van der Waals surface area contributed by atoms with E-state index in [0.717, 1.165) is 11.3 Å². The van der Waals surface area contributed by atoms with Gasteiger partial charge in [0.05, 0.1) is 13.3 Å². The van der Waals surface area contributed by atoms with Crippen LogP contribution in [0.5, 0.6) is 5.75 Å². The van der Waals surface area contributed by atoms with Gasteiger partial charge >= 0.3 is 11.8 Å². The topological polar surface area (TPSA) is 79.8 Å². The summed E-state index contributed by atoms with van der Waals surface area (Å²) in [4.78, 5) is 22.6. The van der Waals surface area contributed by atoms with Crippen LogP contribution in [0.1, 0.15) is 19.4 Å². The van der Waals surface area contributed by atoms with Crippen molar-refractivity contribution in [3.8, 4) is 5.75 Å². The number of benzene rings is 1. The summed E-state index contributed by atoms with van der Waals surface area (Å²) < 4.78 is 5.01. The minimum Gasteiger partial charge on any atom is -0.497 e. The largest absolute Gasteiger partial charge is 0.497 e. The van der Waals surface area contributed by atoms with Gasteiger partial charge in [0.15, 0.2) is 0 Å². The van der Waals surface area contributed by atoms with Crippen LogP contribution < -0.4 is 15.5 Å². The van der Waals surface area contributed by atoms with Crippen LogP contribution in [-0.2, 0) is 9.59 Å². The van der Waals surface area contributed by atoms with Crippen LogP contribution in [-0.4, -0.2) is 31.2 Å². The lowest BCUT2D eigenvalue weighted by Gasteiger charge is -2.06. The Labute approximate surface area is 111 Å². The van der Waals surface area contributed by atoms with E-state index in [1.165, 1.54) is 6.21 Å². The van der Waals surface area contributed by atoms with Crippen LogP contribution in [0, 0.1) is 0 Å². The molecule has 1 aromatic rings. The molecule has 0 unspecified atom stereocenters. The Bertz CT molecular complexity index is 467. The van der Waals surface area contributed by atoms with Gasteiger partial charge < -0.3 is 10.1 Å². The highest BCUT2D eigenvalue weighted by Crippen LogP contribution is 2.09. The lowest BCUT2D eigenvalue weighted by molar-refractivity contribution is -0.139. The van der Waals surface area contributed by atoms with Crippen molar-refractivity contribution in [2.75, 3.05) is 7.11 Å². The van der Waals surface area contributed by atoms with Crippen molar-refractivity contribution in [1.82, 2.24) is 10.7 Å². The van der Waals surface area contributed by atoms with Crippen LogP contribution >= 0.6 is 0 Å². The average Bonchev–Trinajstić information content (AvgIpc) is 2.38. The molecule has 6 nitrogen and oxygen atoms in total. The van der Waals surface area contributed by atoms with E-state index in [2.05, 4.69) is 15.8 Å². The number of hydrogen-bond acceptors (Lipinski definition) is 4. The molecule has 0 heterocycles. The molecule has 1 rings (SSSR count). The Morgan fingerprint density at radius 1 is 1.21 bits per heavy atom. The first-order chi connectivity index (χ1) is 9.02. The zero-order valence-electron chi connectivity index (χ0n) is 11.1. The summed E-state index contributed by atoms with van der Waals surface area (Å²) in [7, 11) is 1.58. The Kier molecular flexibility index (Phi) is 5.53. The summed E-state index contributed by atoms with van der Waals surface area (Å²) in [5.41, 5.74) is 2.93. The zero-order valence-corrected chi connectivity index (χ0v) is 11.1. The van der Waals surface area contributed by atoms with E-state index in [-0.39, 0.29) is 6.04 Å². The summed E-state index contributed by atoms with van der Waals surface area (Å²) in [6.07, 6.45) is 1.44. The molecule has 2 N–H and O–H groups in total. The van der Waals surface area contributed by atoms with Crippen molar-refractivity contribution >= 4 is 18.0 Å². The second-order valence-electron chi connectivity index (χ2n) is 4.10. The van der Waals surface area contributed by atoms with E-state index < -0.39 is 11.8 Å². The van der Waals surface area contributed by atoms with Gasteiger partial charge in [0.2, 0.25) is 0 Å². The lowest BCUT2D eigenvalue weighted by atomic mass is 10.2. The Hall–Kier alpha value is -2.37. The van der Waals surface area contributed by atoms with Crippen LogP contribution in [0.25, 0.3) is 0 Å². The van der Waals surface area contributed by atoms with Gasteiger partial charge in [0, 0.05) is 6.04 Å². The molecule has 0 bridgehead atoms. The zero-order chi connectivity index (χ0) is 14.3. The van der Waals surface area contributed by atoms with E-state index in [9.17, 15) is 9.59 Å². The van der Waals surface area contributed by atoms with Crippen LogP contribution in [0.3, 0.4) is 0 Å². The first kappa shape index (κ1) is 14.7. The average molecular weight is 263 g/mol. The molecule has 0 saturated carbocycles. The maximum Gasteiger partial charge on any atom is 0.329 e. The number of hydrazone groups is 1. The van der Waals surface area contributed by atoms with E-state index in [0.29, 0.717) is 0 Å². The quantitative estimate of drug-likeness (QED) is 0.476. The summed E-state index contributed by atoms with van der Waals surface area (Å²) in [6, 6.07) is 7.01. The summed E-state index contributed by atoms with van der Waals surface area (Å²) >= 11 is 0. The first-order valence-electron chi connectivity index (χ1n) is 5.81. The maximum atomic E-state index is 11.3. The van der Waals surface area contributed by atoms with Gasteiger partial charge in [-0.2, -0.15) is 5.10 Å². The molecule has 0 aromatic heterocycles. The molecule has 0 spiro atoms. The molecule has 0 aliphatic rings. The maximum absolute atomic E-state index is 11.3. The molecule has 0 atom stereocenters. The molecule has 0 radical (unpaired) electrons. The summed E-state index contributed by atoms with van der Waals surface area (Å²) in [6.45, 7) is 3.54. The monoisotopic (exact) mass is 263 g/mol. The molecule has 0 aliphatic carbocycles. The number of carbonyl (C=O) groups excluding carboxylic acids is 2. The standard InChI is InChI=1S/C13H17N3O3/c1-9(2)15-12(17)13(18)16-14-8-10-4-6-11(19-3)7-5-10/h4-9H,1-3H3,(H,15,17)(H,16,18)/b14-8-. The second kappa shape index (κ2) is 7.15. The predicted octanol–water partition coefficient (Wildman–Crippen LogP) is 0.670. The van der Waals surface area contributed by atoms with Gasteiger partial charge in [-0.3, -0.25) is 9.59 Å². The fraction of sp³-hybridized carbons (Fsp3) is 0.308. The minimum atomic E-state index is -0.793. The first-order valence-corrected chi connectivity index (χ1v) is 5.81. The highest BCUT2D eigenvalue weighted by molar-refractivity contribution is 6.35. The number of nitrogens with zero attached hydrogens (tertiary/aromatic N) is 1. The van der Waals surface area contributed by atoms with E-state index >= 15 is 0 Å². The Morgan fingerprint density at radius 3 is 2.37 bits per heavy atom.